The predicted molar refractivity (Wildman–Crippen MR) is 97.5 cm³/mol. The summed E-state index contributed by atoms with van der Waals surface area (Å²) in [6.45, 7) is 0.961. The first-order valence-corrected chi connectivity index (χ1v) is 8.84. The van der Waals surface area contributed by atoms with E-state index in [1.54, 1.807) is 6.20 Å². The number of benzene rings is 1. The van der Waals surface area contributed by atoms with Crippen LogP contribution in [0.3, 0.4) is 0 Å². The van der Waals surface area contributed by atoms with Crippen molar-refractivity contribution in [2.24, 2.45) is 5.92 Å². The second-order valence-corrected chi connectivity index (χ2v) is 6.87. The summed E-state index contributed by atoms with van der Waals surface area (Å²) in [4.78, 5) is 18.0. The minimum atomic E-state index is -0.834. The summed E-state index contributed by atoms with van der Waals surface area (Å²) in [6, 6.07) is 11.5. The maximum absolute atomic E-state index is 13.5. The number of aromatic nitrogens is 1. The summed E-state index contributed by atoms with van der Waals surface area (Å²) in [5, 5.41) is 12.4. The van der Waals surface area contributed by atoms with E-state index in [4.69, 9.17) is 0 Å². The lowest BCUT2D eigenvalue weighted by molar-refractivity contribution is -0.117. The zero-order chi connectivity index (χ0) is 18.1. The van der Waals surface area contributed by atoms with Crippen molar-refractivity contribution in [3.63, 3.8) is 0 Å². The molecule has 132 valence electrons. The zero-order valence-electron chi connectivity index (χ0n) is 14.3. The second-order valence-electron chi connectivity index (χ2n) is 6.87. The molecule has 5 nitrogen and oxygen atoms in total. The molecule has 2 aliphatic rings. The fourth-order valence-electron chi connectivity index (χ4n) is 3.27. The fourth-order valence-corrected chi connectivity index (χ4v) is 3.27. The van der Waals surface area contributed by atoms with E-state index in [-0.39, 0.29) is 11.8 Å². The van der Waals surface area contributed by atoms with Crippen LogP contribution in [0.2, 0.25) is 0 Å². The topological polar surface area (TPSA) is 69.0 Å². The van der Waals surface area contributed by atoms with Gasteiger partial charge in [0.25, 0.3) is 0 Å². The Morgan fingerprint density at radius 1 is 1.23 bits per heavy atom. The van der Waals surface area contributed by atoms with Crippen LogP contribution in [0, 0.1) is 17.2 Å². The lowest BCUT2D eigenvalue weighted by Crippen LogP contribution is -2.20. The highest BCUT2D eigenvalue weighted by atomic mass is 19.1. The molecule has 0 bridgehead atoms. The lowest BCUT2D eigenvalue weighted by Gasteiger charge is -2.19. The quantitative estimate of drug-likeness (QED) is 0.916. The molecule has 4 rings (SSSR count). The summed E-state index contributed by atoms with van der Waals surface area (Å²) >= 11 is 0. The normalized spacial score (nSPS) is 19.2. The molecule has 0 radical (unpaired) electrons. The van der Waals surface area contributed by atoms with Crippen LogP contribution in [0.15, 0.2) is 36.5 Å². The van der Waals surface area contributed by atoms with E-state index in [0.29, 0.717) is 30.9 Å². The van der Waals surface area contributed by atoms with Crippen LogP contribution in [0.4, 0.5) is 15.9 Å². The van der Waals surface area contributed by atoms with Gasteiger partial charge in [0.2, 0.25) is 5.91 Å². The molecule has 2 aromatic rings. The summed E-state index contributed by atoms with van der Waals surface area (Å²) in [5.41, 5.74) is 3.04. The number of nitrogens with one attached hydrogen (secondary N) is 1. The number of nitrogens with zero attached hydrogens (tertiary/aromatic N) is 3. The van der Waals surface area contributed by atoms with E-state index in [2.05, 4.69) is 16.4 Å². The van der Waals surface area contributed by atoms with Crippen molar-refractivity contribution in [1.82, 2.24) is 4.98 Å². The first-order valence-electron chi connectivity index (χ1n) is 8.84. The van der Waals surface area contributed by atoms with Crippen molar-refractivity contribution in [3.8, 4) is 17.2 Å². The monoisotopic (exact) mass is 350 g/mol. The van der Waals surface area contributed by atoms with Crippen molar-refractivity contribution in [3.05, 3.63) is 42.1 Å². The third-order valence-corrected chi connectivity index (χ3v) is 4.88. The molecule has 1 aliphatic carbocycles. The van der Waals surface area contributed by atoms with E-state index in [1.807, 2.05) is 35.2 Å². The Morgan fingerprint density at radius 2 is 2.04 bits per heavy atom. The number of hydrogen-bond donors (Lipinski definition) is 1. The number of amides is 1. The average Bonchev–Trinajstić information content (AvgIpc) is 3.43. The number of hydrogen-bond acceptors (Lipinski definition) is 4. The Labute approximate surface area is 151 Å². The molecule has 0 spiro atoms. The van der Waals surface area contributed by atoms with Gasteiger partial charge in [-0.15, -0.1) is 0 Å². The summed E-state index contributed by atoms with van der Waals surface area (Å²) in [7, 11) is 0. The smallest absolute Gasteiger partial charge is 0.228 e. The largest absolute Gasteiger partial charge is 0.367 e. The fraction of sp³-hybridized carbons (Fsp3) is 0.350. The van der Waals surface area contributed by atoms with Gasteiger partial charge in [0.15, 0.2) is 0 Å². The van der Waals surface area contributed by atoms with Crippen molar-refractivity contribution in [1.29, 1.82) is 5.26 Å². The van der Waals surface area contributed by atoms with Crippen LogP contribution in [-0.4, -0.2) is 30.2 Å². The van der Waals surface area contributed by atoms with Gasteiger partial charge >= 0.3 is 0 Å². The standard InChI is InChI=1S/C20H19FN4O/c21-17-6-8-25(12-17)18-4-3-14(9-16(18)11-22)15-5-7-23-19(10-15)24-20(26)13-1-2-13/h3-5,7,9-10,13,17H,1-2,6,8,12H2,(H,23,24,26). The number of pyridine rings is 1. The Hall–Kier alpha value is -2.94. The van der Waals surface area contributed by atoms with Crippen LogP contribution >= 0.6 is 0 Å². The molecule has 1 unspecified atom stereocenters. The van der Waals surface area contributed by atoms with Crippen LogP contribution in [0.1, 0.15) is 24.8 Å². The number of halogens is 1. The molecule has 26 heavy (non-hydrogen) atoms. The Balaban J connectivity index is 1.59. The van der Waals surface area contributed by atoms with E-state index in [0.717, 1.165) is 29.7 Å². The highest BCUT2D eigenvalue weighted by Crippen LogP contribution is 2.32. The Morgan fingerprint density at radius 3 is 2.73 bits per heavy atom. The molecule has 1 aliphatic heterocycles. The molecule has 1 saturated heterocycles. The van der Waals surface area contributed by atoms with Gasteiger partial charge in [-0.05, 0) is 54.7 Å². The minimum absolute atomic E-state index is 0.0116. The van der Waals surface area contributed by atoms with Gasteiger partial charge in [-0.2, -0.15) is 5.26 Å². The molecule has 2 fully saturated rings. The zero-order valence-corrected chi connectivity index (χ0v) is 14.3. The van der Waals surface area contributed by atoms with Gasteiger partial charge in [0.1, 0.15) is 18.1 Å². The van der Waals surface area contributed by atoms with Crippen LogP contribution in [0.25, 0.3) is 11.1 Å². The summed E-state index contributed by atoms with van der Waals surface area (Å²) in [6.07, 6.45) is 3.19. The number of anilines is 2. The maximum atomic E-state index is 13.5. The van der Waals surface area contributed by atoms with Gasteiger partial charge < -0.3 is 10.2 Å². The van der Waals surface area contributed by atoms with Crippen molar-refractivity contribution in [2.75, 3.05) is 23.3 Å². The number of carbonyl (C=O) groups is 1. The Bertz CT molecular complexity index is 888. The number of nitriles is 1. The SMILES string of the molecule is N#Cc1cc(-c2ccnc(NC(=O)C3CC3)c2)ccc1N1CCC(F)C1. The molecule has 1 saturated carbocycles. The highest BCUT2D eigenvalue weighted by molar-refractivity contribution is 5.93. The van der Waals surface area contributed by atoms with Crippen molar-refractivity contribution >= 4 is 17.4 Å². The number of rotatable bonds is 4. The van der Waals surface area contributed by atoms with Crippen molar-refractivity contribution in [2.45, 2.75) is 25.4 Å². The Kier molecular flexibility index (Phi) is 4.29. The molecule has 2 heterocycles. The molecule has 1 atom stereocenters. The summed E-state index contributed by atoms with van der Waals surface area (Å²) < 4.78 is 13.5. The maximum Gasteiger partial charge on any atom is 0.228 e. The second kappa shape index (κ2) is 6.75. The third-order valence-electron chi connectivity index (χ3n) is 4.88. The van der Waals surface area contributed by atoms with Crippen LogP contribution in [0.5, 0.6) is 0 Å². The lowest BCUT2D eigenvalue weighted by atomic mass is 10.0. The third kappa shape index (κ3) is 3.38. The molecule has 1 aromatic heterocycles. The number of alkyl halides is 1. The van der Waals surface area contributed by atoms with Crippen LogP contribution < -0.4 is 10.2 Å². The highest BCUT2D eigenvalue weighted by Gasteiger charge is 2.29. The first-order chi connectivity index (χ1) is 12.6. The molecule has 1 N–H and O–H groups in total. The molecular formula is C20H19FN4O. The summed E-state index contributed by atoms with van der Waals surface area (Å²) in [5.74, 6) is 0.643. The van der Waals surface area contributed by atoms with E-state index in [9.17, 15) is 14.4 Å². The van der Waals surface area contributed by atoms with E-state index >= 15 is 0 Å². The van der Waals surface area contributed by atoms with Gasteiger partial charge in [-0.25, -0.2) is 9.37 Å². The van der Waals surface area contributed by atoms with Crippen LogP contribution in [-0.2, 0) is 4.79 Å². The van der Waals surface area contributed by atoms with Gasteiger partial charge in [0, 0.05) is 25.2 Å². The van der Waals surface area contributed by atoms with Gasteiger partial charge in [-0.3, -0.25) is 4.79 Å². The molecule has 6 heteroatoms. The molecular weight excluding hydrogens is 331 g/mol. The van der Waals surface area contributed by atoms with Crippen molar-refractivity contribution < 1.29 is 9.18 Å². The first kappa shape index (κ1) is 16.5. The molecule has 1 aromatic carbocycles. The van der Waals surface area contributed by atoms with E-state index < -0.39 is 6.17 Å². The number of carbonyl (C=O) groups excluding carboxylic acids is 1. The molecule has 1 amide bonds. The minimum Gasteiger partial charge on any atom is -0.367 e. The van der Waals surface area contributed by atoms with E-state index in [1.165, 1.54) is 0 Å². The van der Waals surface area contributed by atoms with Gasteiger partial charge in [0.05, 0.1) is 11.3 Å². The van der Waals surface area contributed by atoms with Gasteiger partial charge in [-0.1, -0.05) is 6.07 Å². The predicted octanol–water partition coefficient (Wildman–Crippen LogP) is 3.52. The average molecular weight is 350 g/mol.